The number of hydrogen-bond donors (Lipinski definition) is 0. The van der Waals surface area contributed by atoms with Crippen molar-refractivity contribution in [1.82, 2.24) is 0 Å². The topological polar surface area (TPSA) is 30.2 Å². The van der Waals surface area contributed by atoms with Gasteiger partial charge in [0.25, 0.3) is 0 Å². The number of carbonyl (C=O) groups is 1. The summed E-state index contributed by atoms with van der Waals surface area (Å²) in [6.07, 6.45) is 4.18. The van der Waals surface area contributed by atoms with E-state index in [4.69, 9.17) is 27.6 Å². The third-order valence-corrected chi connectivity index (χ3v) is 4.00. The van der Waals surface area contributed by atoms with Gasteiger partial charge in [0.15, 0.2) is 11.3 Å². The molecule has 3 rings (SSSR count). The van der Waals surface area contributed by atoms with Crippen LogP contribution in [0.4, 0.5) is 0 Å². The first-order chi connectivity index (χ1) is 8.65. The molecule has 1 aliphatic carbocycles. The Morgan fingerprint density at radius 3 is 2.61 bits per heavy atom. The molecule has 94 valence electrons. The highest BCUT2D eigenvalue weighted by atomic mass is 35.5. The maximum atomic E-state index is 12.2. The van der Waals surface area contributed by atoms with Crippen LogP contribution in [0.1, 0.15) is 36.2 Å². The third-order valence-electron chi connectivity index (χ3n) is 3.50. The van der Waals surface area contributed by atoms with Crippen LogP contribution < -0.4 is 0 Å². The predicted octanol–water partition coefficient (Wildman–Crippen LogP) is 5.11. The second kappa shape index (κ2) is 4.60. The van der Waals surface area contributed by atoms with Crippen molar-refractivity contribution < 1.29 is 9.21 Å². The molecule has 2 nitrogen and oxygen atoms in total. The molecule has 0 unspecified atom stereocenters. The Morgan fingerprint density at radius 2 is 1.89 bits per heavy atom. The highest BCUT2D eigenvalue weighted by molar-refractivity contribution is 6.38. The van der Waals surface area contributed by atoms with Crippen LogP contribution in [0, 0.1) is 5.92 Å². The van der Waals surface area contributed by atoms with Crippen molar-refractivity contribution in [3.63, 3.8) is 0 Å². The van der Waals surface area contributed by atoms with Crippen molar-refractivity contribution in [3.05, 3.63) is 34.0 Å². The summed E-state index contributed by atoms with van der Waals surface area (Å²) in [6.45, 7) is 0. The SMILES string of the molecule is O=C(c1cc2cc(Cl)cc(Cl)c2o1)C1CCCC1. The fourth-order valence-corrected chi connectivity index (χ4v) is 3.13. The van der Waals surface area contributed by atoms with Crippen LogP contribution in [0.15, 0.2) is 22.6 Å². The van der Waals surface area contributed by atoms with E-state index in [1.807, 2.05) is 0 Å². The maximum Gasteiger partial charge on any atom is 0.201 e. The lowest BCUT2D eigenvalue weighted by molar-refractivity contribution is 0.0896. The van der Waals surface area contributed by atoms with Crippen molar-refractivity contribution in [2.75, 3.05) is 0 Å². The number of halogens is 2. The molecule has 0 bridgehead atoms. The zero-order valence-electron chi connectivity index (χ0n) is 9.71. The highest BCUT2D eigenvalue weighted by Gasteiger charge is 2.26. The summed E-state index contributed by atoms with van der Waals surface area (Å²) in [5, 5.41) is 1.78. The van der Waals surface area contributed by atoms with Crippen molar-refractivity contribution in [1.29, 1.82) is 0 Å². The average Bonchev–Trinajstić information content (AvgIpc) is 2.96. The lowest BCUT2D eigenvalue weighted by atomic mass is 10.0. The molecule has 0 saturated heterocycles. The Balaban J connectivity index is 2.02. The van der Waals surface area contributed by atoms with Gasteiger partial charge in [0.2, 0.25) is 5.78 Å². The Bertz CT molecular complexity index is 610. The van der Waals surface area contributed by atoms with E-state index in [9.17, 15) is 4.79 Å². The van der Waals surface area contributed by atoms with E-state index < -0.39 is 0 Å². The Hall–Kier alpha value is -0.990. The van der Waals surface area contributed by atoms with Crippen LogP contribution in [0.3, 0.4) is 0 Å². The molecule has 0 atom stereocenters. The molecular weight excluding hydrogens is 271 g/mol. The monoisotopic (exact) mass is 282 g/mol. The number of Topliss-reactive ketones (excluding diaryl/α,β-unsaturated/α-hetero) is 1. The summed E-state index contributed by atoms with van der Waals surface area (Å²) in [6, 6.07) is 5.13. The molecule has 1 saturated carbocycles. The zero-order valence-corrected chi connectivity index (χ0v) is 11.2. The number of benzene rings is 1. The minimum atomic E-state index is 0.0934. The molecule has 18 heavy (non-hydrogen) atoms. The number of furan rings is 1. The lowest BCUT2D eigenvalue weighted by Gasteiger charge is -2.03. The number of ketones is 1. The maximum absolute atomic E-state index is 12.2. The zero-order chi connectivity index (χ0) is 12.7. The molecule has 1 fully saturated rings. The summed E-state index contributed by atoms with van der Waals surface area (Å²) >= 11 is 12.0. The normalized spacial score (nSPS) is 16.6. The van der Waals surface area contributed by atoms with Gasteiger partial charge in [0, 0.05) is 16.3 Å². The molecule has 1 aromatic heterocycles. The highest BCUT2D eigenvalue weighted by Crippen LogP contribution is 2.33. The van der Waals surface area contributed by atoms with E-state index in [1.165, 1.54) is 0 Å². The van der Waals surface area contributed by atoms with E-state index in [-0.39, 0.29) is 11.7 Å². The van der Waals surface area contributed by atoms with Gasteiger partial charge < -0.3 is 4.42 Å². The summed E-state index contributed by atoms with van der Waals surface area (Å²) in [7, 11) is 0. The van der Waals surface area contributed by atoms with Crippen LogP contribution in [0.2, 0.25) is 10.0 Å². The van der Waals surface area contributed by atoms with Crippen molar-refractivity contribution in [3.8, 4) is 0 Å². The quantitative estimate of drug-likeness (QED) is 0.717. The standard InChI is InChI=1S/C14H12Cl2O2/c15-10-5-9-6-12(18-14(9)11(16)7-10)13(17)8-3-1-2-4-8/h5-8H,1-4H2. The Labute approximate surface area is 115 Å². The van der Waals surface area contributed by atoms with Gasteiger partial charge in [-0.3, -0.25) is 4.79 Å². The van der Waals surface area contributed by atoms with Crippen molar-refractivity contribution in [2.45, 2.75) is 25.7 Å². The molecule has 4 heteroatoms. The van der Waals surface area contributed by atoms with Gasteiger partial charge >= 0.3 is 0 Å². The van der Waals surface area contributed by atoms with Gasteiger partial charge in [-0.2, -0.15) is 0 Å². The molecule has 1 aliphatic rings. The van der Waals surface area contributed by atoms with Crippen LogP contribution >= 0.6 is 23.2 Å². The van der Waals surface area contributed by atoms with Crippen molar-refractivity contribution >= 4 is 40.0 Å². The minimum Gasteiger partial charge on any atom is -0.451 e. The van der Waals surface area contributed by atoms with Gasteiger partial charge in [0.05, 0.1) is 5.02 Å². The Morgan fingerprint density at radius 1 is 1.17 bits per heavy atom. The lowest BCUT2D eigenvalue weighted by Crippen LogP contribution is -2.09. The molecule has 0 N–H and O–H groups in total. The molecule has 1 aromatic carbocycles. The van der Waals surface area contributed by atoms with Gasteiger partial charge in [-0.15, -0.1) is 0 Å². The number of carbonyl (C=O) groups excluding carboxylic acids is 1. The van der Waals surface area contributed by atoms with Crippen LogP contribution in [-0.4, -0.2) is 5.78 Å². The summed E-state index contributed by atoms with van der Waals surface area (Å²) in [5.74, 6) is 0.608. The third kappa shape index (κ3) is 2.04. The second-order valence-corrected chi connectivity index (χ2v) is 5.61. The first-order valence-electron chi connectivity index (χ1n) is 6.08. The van der Waals surface area contributed by atoms with E-state index in [0.29, 0.717) is 21.4 Å². The predicted molar refractivity (Wildman–Crippen MR) is 72.5 cm³/mol. The van der Waals surface area contributed by atoms with Gasteiger partial charge in [0.1, 0.15) is 0 Å². The summed E-state index contributed by atoms with van der Waals surface area (Å²) < 4.78 is 5.59. The smallest absolute Gasteiger partial charge is 0.201 e. The number of hydrogen-bond acceptors (Lipinski definition) is 2. The van der Waals surface area contributed by atoms with Gasteiger partial charge in [-0.05, 0) is 31.0 Å². The molecule has 1 heterocycles. The molecule has 0 amide bonds. The second-order valence-electron chi connectivity index (χ2n) is 4.76. The minimum absolute atomic E-state index is 0.0934. The van der Waals surface area contributed by atoms with E-state index >= 15 is 0 Å². The molecule has 0 radical (unpaired) electrons. The molecule has 0 spiro atoms. The summed E-state index contributed by atoms with van der Waals surface area (Å²) in [4.78, 5) is 12.2. The number of rotatable bonds is 2. The van der Waals surface area contributed by atoms with Crippen LogP contribution in [0.5, 0.6) is 0 Å². The van der Waals surface area contributed by atoms with Crippen molar-refractivity contribution in [2.24, 2.45) is 5.92 Å². The van der Waals surface area contributed by atoms with E-state index in [1.54, 1.807) is 18.2 Å². The van der Waals surface area contributed by atoms with E-state index in [0.717, 1.165) is 31.1 Å². The molecule has 0 aliphatic heterocycles. The van der Waals surface area contributed by atoms with Gasteiger partial charge in [-0.25, -0.2) is 0 Å². The molecular formula is C14H12Cl2O2. The fourth-order valence-electron chi connectivity index (χ4n) is 2.59. The average molecular weight is 283 g/mol. The first-order valence-corrected chi connectivity index (χ1v) is 6.83. The Kier molecular flexibility index (Phi) is 3.08. The number of fused-ring (bicyclic) bond motifs is 1. The largest absolute Gasteiger partial charge is 0.451 e. The van der Waals surface area contributed by atoms with Gasteiger partial charge in [-0.1, -0.05) is 36.0 Å². The van der Waals surface area contributed by atoms with Crippen LogP contribution in [-0.2, 0) is 0 Å². The van der Waals surface area contributed by atoms with E-state index in [2.05, 4.69) is 0 Å². The van der Waals surface area contributed by atoms with Crippen LogP contribution in [0.25, 0.3) is 11.0 Å². The fraction of sp³-hybridized carbons (Fsp3) is 0.357. The molecule has 2 aromatic rings. The first kappa shape index (κ1) is 12.1. The summed E-state index contributed by atoms with van der Waals surface area (Å²) in [5.41, 5.74) is 0.544.